The van der Waals surface area contributed by atoms with Crippen LogP contribution in [0.5, 0.6) is 0 Å². The van der Waals surface area contributed by atoms with E-state index in [4.69, 9.17) is 10.3 Å². The summed E-state index contributed by atoms with van der Waals surface area (Å²) in [6, 6.07) is 0.0600. The summed E-state index contributed by atoms with van der Waals surface area (Å²) >= 11 is 1.82. The first-order chi connectivity index (χ1) is 11.2. The highest BCUT2D eigenvalue weighted by Crippen LogP contribution is 2.39. The van der Waals surface area contributed by atoms with Gasteiger partial charge in [0.15, 0.2) is 0 Å². The van der Waals surface area contributed by atoms with Crippen LogP contribution in [-0.4, -0.2) is 32.5 Å². The standard InChI is InChI=1S/C15H19N5O2S/c16-12(21)13-18-14(22-19-13)11-5-2-6-20(11)8-10-7-17-15(23-10)9-3-1-4-9/h7,9,11H,1-6,8H2,(H2,16,21)/t11-/m0/s1. The molecule has 23 heavy (non-hydrogen) atoms. The largest absolute Gasteiger partial charge is 0.363 e. The molecule has 0 aromatic carbocycles. The van der Waals surface area contributed by atoms with Crippen LogP contribution < -0.4 is 5.73 Å². The molecule has 0 bridgehead atoms. The number of hydrogen-bond donors (Lipinski definition) is 1. The van der Waals surface area contributed by atoms with Gasteiger partial charge in [0.1, 0.15) is 0 Å². The Kier molecular flexibility index (Phi) is 3.86. The maximum Gasteiger partial charge on any atom is 0.290 e. The third-order valence-corrected chi connectivity index (χ3v) is 5.84. The molecule has 2 aromatic rings. The molecular weight excluding hydrogens is 314 g/mol. The Morgan fingerprint density at radius 2 is 2.26 bits per heavy atom. The summed E-state index contributed by atoms with van der Waals surface area (Å²) in [5.41, 5.74) is 5.19. The number of thiazole rings is 1. The molecule has 0 spiro atoms. The third-order valence-electron chi connectivity index (χ3n) is 4.70. The molecule has 1 aliphatic heterocycles. The van der Waals surface area contributed by atoms with E-state index in [1.54, 1.807) is 0 Å². The molecule has 122 valence electrons. The molecule has 2 fully saturated rings. The van der Waals surface area contributed by atoms with Gasteiger partial charge in [-0.3, -0.25) is 9.69 Å². The van der Waals surface area contributed by atoms with Crippen molar-refractivity contribution in [2.75, 3.05) is 6.54 Å². The normalized spacial score (nSPS) is 22.3. The van der Waals surface area contributed by atoms with Crippen molar-refractivity contribution in [2.24, 2.45) is 5.73 Å². The topological polar surface area (TPSA) is 98.1 Å². The van der Waals surface area contributed by atoms with Gasteiger partial charge in [-0.05, 0) is 32.2 Å². The quantitative estimate of drug-likeness (QED) is 0.901. The first-order valence-corrected chi connectivity index (χ1v) is 8.84. The van der Waals surface area contributed by atoms with Gasteiger partial charge >= 0.3 is 0 Å². The molecule has 1 saturated heterocycles. The summed E-state index contributed by atoms with van der Waals surface area (Å²) in [7, 11) is 0. The SMILES string of the molecule is NC(=O)c1noc([C@@H]2CCCN2Cc2cnc(C3CCC3)s2)n1. The van der Waals surface area contributed by atoms with E-state index >= 15 is 0 Å². The van der Waals surface area contributed by atoms with Crippen molar-refractivity contribution in [1.82, 2.24) is 20.0 Å². The first-order valence-electron chi connectivity index (χ1n) is 8.03. The minimum absolute atomic E-state index is 0.0445. The van der Waals surface area contributed by atoms with Crippen LogP contribution in [-0.2, 0) is 6.54 Å². The summed E-state index contributed by atoms with van der Waals surface area (Å²) in [6.45, 7) is 1.82. The third kappa shape index (κ3) is 2.88. The monoisotopic (exact) mass is 333 g/mol. The Balaban J connectivity index is 1.46. The van der Waals surface area contributed by atoms with E-state index in [-0.39, 0.29) is 11.9 Å². The van der Waals surface area contributed by atoms with Crippen molar-refractivity contribution < 1.29 is 9.32 Å². The van der Waals surface area contributed by atoms with Crippen LogP contribution in [0.4, 0.5) is 0 Å². The smallest absolute Gasteiger partial charge is 0.290 e. The van der Waals surface area contributed by atoms with Gasteiger partial charge in [0.25, 0.3) is 11.7 Å². The van der Waals surface area contributed by atoms with Crippen LogP contribution in [0.15, 0.2) is 10.7 Å². The fraction of sp³-hybridized carbons (Fsp3) is 0.600. The van der Waals surface area contributed by atoms with Crippen LogP contribution in [0.1, 0.15) is 70.5 Å². The summed E-state index contributed by atoms with van der Waals surface area (Å²) in [5.74, 6) is 0.464. The van der Waals surface area contributed by atoms with Crippen molar-refractivity contribution in [2.45, 2.75) is 50.6 Å². The molecule has 8 heteroatoms. The van der Waals surface area contributed by atoms with Gasteiger partial charge in [-0.15, -0.1) is 11.3 Å². The Morgan fingerprint density at radius 3 is 2.96 bits per heavy atom. The van der Waals surface area contributed by atoms with Gasteiger partial charge in [0.2, 0.25) is 5.89 Å². The van der Waals surface area contributed by atoms with E-state index in [2.05, 4.69) is 20.0 Å². The van der Waals surface area contributed by atoms with Crippen molar-refractivity contribution >= 4 is 17.2 Å². The van der Waals surface area contributed by atoms with E-state index in [0.717, 1.165) is 25.9 Å². The summed E-state index contributed by atoms with van der Waals surface area (Å²) in [5, 5.41) is 4.92. The maximum absolute atomic E-state index is 11.1. The number of nitrogens with zero attached hydrogens (tertiary/aromatic N) is 4. The molecule has 4 rings (SSSR count). The number of hydrogen-bond acceptors (Lipinski definition) is 7. The number of likely N-dealkylation sites (tertiary alicyclic amines) is 1. The van der Waals surface area contributed by atoms with Crippen molar-refractivity contribution in [3.05, 3.63) is 27.8 Å². The van der Waals surface area contributed by atoms with E-state index in [0.29, 0.717) is 11.8 Å². The number of nitrogens with two attached hydrogens (primary N) is 1. The molecular formula is C15H19N5O2S. The number of rotatable bonds is 5. The van der Waals surface area contributed by atoms with E-state index in [9.17, 15) is 4.79 Å². The maximum atomic E-state index is 11.1. The lowest BCUT2D eigenvalue weighted by atomic mass is 9.86. The number of carbonyl (C=O) groups is 1. The molecule has 3 heterocycles. The Hall–Kier alpha value is -1.80. The van der Waals surface area contributed by atoms with Gasteiger partial charge in [-0.25, -0.2) is 4.98 Å². The van der Waals surface area contributed by atoms with Crippen LogP contribution in [0.3, 0.4) is 0 Å². The molecule has 2 aliphatic rings. The van der Waals surface area contributed by atoms with Crippen LogP contribution >= 0.6 is 11.3 Å². The van der Waals surface area contributed by atoms with Gasteiger partial charge < -0.3 is 10.3 Å². The second-order valence-electron chi connectivity index (χ2n) is 6.24. The molecule has 1 amide bonds. The summed E-state index contributed by atoms with van der Waals surface area (Å²) in [4.78, 5) is 23.4. The number of primary amides is 1. The lowest BCUT2D eigenvalue weighted by molar-refractivity contribution is 0.0987. The Morgan fingerprint density at radius 1 is 1.39 bits per heavy atom. The van der Waals surface area contributed by atoms with Gasteiger partial charge in [-0.1, -0.05) is 11.6 Å². The van der Waals surface area contributed by atoms with E-state index in [1.807, 2.05) is 17.5 Å². The zero-order chi connectivity index (χ0) is 15.8. The number of aromatic nitrogens is 3. The number of carbonyl (C=O) groups excluding carboxylic acids is 1. The highest BCUT2D eigenvalue weighted by molar-refractivity contribution is 7.11. The second-order valence-corrected chi connectivity index (χ2v) is 7.39. The molecule has 2 N–H and O–H groups in total. The first kappa shape index (κ1) is 14.8. The van der Waals surface area contributed by atoms with Crippen LogP contribution in [0.25, 0.3) is 0 Å². The molecule has 0 radical (unpaired) electrons. The lowest BCUT2D eigenvalue weighted by Gasteiger charge is -2.22. The highest BCUT2D eigenvalue weighted by Gasteiger charge is 2.32. The molecule has 2 aromatic heterocycles. The predicted molar refractivity (Wildman–Crippen MR) is 83.9 cm³/mol. The highest BCUT2D eigenvalue weighted by atomic mass is 32.1. The molecule has 0 unspecified atom stereocenters. The van der Waals surface area contributed by atoms with Gasteiger partial charge in [0, 0.05) is 23.5 Å². The number of amides is 1. The minimum atomic E-state index is -0.655. The molecule has 1 saturated carbocycles. The average Bonchev–Trinajstić information content (AvgIpc) is 3.17. The minimum Gasteiger partial charge on any atom is -0.363 e. The van der Waals surface area contributed by atoms with Crippen LogP contribution in [0.2, 0.25) is 0 Å². The zero-order valence-corrected chi connectivity index (χ0v) is 13.6. The molecule has 1 atom stereocenters. The fourth-order valence-electron chi connectivity index (χ4n) is 3.21. The fourth-order valence-corrected chi connectivity index (χ4v) is 4.32. The van der Waals surface area contributed by atoms with Crippen LogP contribution in [0, 0.1) is 0 Å². The predicted octanol–water partition coefficient (Wildman–Crippen LogP) is 2.23. The van der Waals surface area contributed by atoms with Gasteiger partial charge in [0.05, 0.1) is 11.0 Å². The lowest BCUT2D eigenvalue weighted by Crippen LogP contribution is -2.22. The van der Waals surface area contributed by atoms with Crippen molar-refractivity contribution in [1.29, 1.82) is 0 Å². The molecule has 7 nitrogen and oxygen atoms in total. The molecule has 1 aliphatic carbocycles. The summed E-state index contributed by atoms with van der Waals surface area (Å²) < 4.78 is 5.23. The zero-order valence-electron chi connectivity index (χ0n) is 12.8. The van der Waals surface area contributed by atoms with Gasteiger partial charge in [-0.2, -0.15) is 4.98 Å². The Bertz CT molecular complexity index is 708. The average molecular weight is 333 g/mol. The van der Waals surface area contributed by atoms with E-state index in [1.165, 1.54) is 29.1 Å². The summed E-state index contributed by atoms with van der Waals surface area (Å²) in [6.07, 6.45) is 7.90. The van der Waals surface area contributed by atoms with Crippen molar-refractivity contribution in [3.63, 3.8) is 0 Å². The second kappa shape index (κ2) is 6.01. The van der Waals surface area contributed by atoms with E-state index < -0.39 is 5.91 Å². The Labute approximate surface area is 137 Å². The van der Waals surface area contributed by atoms with Crippen molar-refractivity contribution in [3.8, 4) is 0 Å².